The topological polar surface area (TPSA) is 68.0 Å². The summed E-state index contributed by atoms with van der Waals surface area (Å²) >= 11 is 1.58. The van der Waals surface area contributed by atoms with Crippen LogP contribution < -0.4 is 0 Å². The Morgan fingerprint density at radius 3 is 2.50 bits per heavy atom. The Bertz CT molecular complexity index is 1500. The molecule has 34 heavy (non-hydrogen) atoms. The van der Waals surface area contributed by atoms with Crippen LogP contribution in [0.1, 0.15) is 21.6 Å². The molecule has 0 aliphatic heterocycles. The fourth-order valence-corrected chi connectivity index (χ4v) is 4.88. The number of aryl methyl sites for hydroxylation is 1. The first-order valence-corrected chi connectivity index (χ1v) is 11.6. The average molecular weight is 464 g/mol. The van der Waals surface area contributed by atoms with Gasteiger partial charge in [-0.05, 0) is 67.6 Å². The van der Waals surface area contributed by atoms with Crippen molar-refractivity contribution in [3.63, 3.8) is 0 Å². The molecule has 1 N–H and O–H groups in total. The highest BCUT2D eigenvalue weighted by molar-refractivity contribution is 7.99. The molecule has 0 spiro atoms. The zero-order chi connectivity index (χ0) is 23.5. The van der Waals surface area contributed by atoms with Crippen molar-refractivity contribution < 1.29 is 9.90 Å². The number of rotatable bonds is 6. The molecule has 0 atom stereocenters. The maximum Gasteiger partial charge on any atom is 0.185 e. The number of hydrogen-bond donors (Lipinski definition) is 1. The van der Waals surface area contributed by atoms with Crippen molar-refractivity contribution >= 4 is 34.5 Å². The van der Waals surface area contributed by atoms with E-state index in [1.807, 2.05) is 78.3 Å². The molecule has 166 valence electrons. The molecule has 0 saturated carbocycles. The molecule has 0 unspecified atom stereocenters. The lowest BCUT2D eigenvalue weighted by Gasteiger charge is -2.10. The summed E-state index contributed by atoms with van der Waals surface area (Å²) in [5, 5.41) is 16.3. The third-order valence-corrected chi connectivity index (χ3v) is 6.55. The molecule has 3 aromatic carbocycles. The third-order valence-electron chi connectivity index (χ3n) is 5.42. The fraction of sp³-hybridized carbons (Fsp3) is 0.0357. The van der Waals surface area contributed by atoms with E-state index < -0.39 is 0 Å². The van der Waals surface area contributed by atoms with Crippen LogP contribution in [0.5, 0.6) is 5.75 Å². The van der Waals surface area contributed by atoms with Crippen molar-refractivity contribution in [3.05, 3.63) is 114 Å². The summed E-state index contributed by atoms with van der Waals surface area (Å²) in [6, 6.07) is 26.3. The fourth-order valence-electron chi connectivity index (χ4n) is 3.70. The summed E-state index contributed by atoms with van der Waals surface area (Å²) in [4.78, 5) is 18.4. The van der Waals surface area contributed by atoms with Gasteiger partial charge in [0, 0.05) is 27.6 Å². The van der Waals surface area contributed by atoms with Crippen molar-refractivity contribution in [2.24, 2.45) is 0 Å². The molecule has 0 amide bonds. The zero-order valence-electron chi connectivity index (χ0n) is 18.4. The number of allylic oxidation sites excluding steroid dienone is 1. The molecule has 0 radical (unpaired) electrons. The van der Waals surface area contributed by atoms with Crippen LogP contribution in [0.25, 0.3) is 22.7 Å². The SMILES string of the molecule is Cc1nn(-c2ccccc2)c(Sc2cccc3cccnc23)c1/C=C/C(=O)c1ccc(O)cc1. The number of hydrogen-bond acceptors (Lipinski definition) is 5. The van der Waals surface area contributed by atoms with Crippen molar-refractivity contribution in [1.29, 1.82) is 0 Å². The smallest absolute Gasteiger partial charge is 0.185 e. The Balaban J connectivity index is 1.59. The maximum atomic E-state index is 12.7. The monoisotopic (exact) mass is 463 g/mol. The summed E-state index contributed by atoms with van der Waals surface area (Å²) < 4.78 is 1.91. The summed E-state index contributed by atoms with van der Waals surface area (Å²) in [6.45, 7) is 1.94. The lowest BCUT2D eigenvalue weighted by molar-refractivity contribution is 0.104. The number of ketones is 1. The number of nitrogens with zero attached hydrogens (tertiary/aromatic N) is 3. The molecule has 0 aliphatic rings. The Hall–Kier alpha value is -4.16. The normalized spacial score (nSPS) is 11.3. The average Bonchev–Trinajstić information content (AvgIpc) is 3.18. The van der Waals surface area contributed by atoms with Gasteiger partial charge in [-0.3, -0.25) is 9.78 Å². The first-order chi connectivity index (χ1) is 16.6. The van der Waals surface area contributed by atoms with E-state index in [2.05, 4.69) is 4.98 Å². The Morgan fingerprint density at radius 1 is 0.941 bits per heavy atom. The second kappa shape index (κ2) is 9.37. The molecule has 0 bridgehead atoms. The number of phenolic OH excluding ortho intramolecular Hbond substituents is 1. The van der Waals surface area contributed by atoms with Gasteiger partial charge in [0.2, 0.25) is 0 Å². The Labute approximate surface area is 201 Å². The van der Waals surface area contributed by atoms with Gasteiger partial charge in [0.1, 0.15) is 10.8 Å². The maximum absolute atomic E-state index is 12.7. The van der Waals surface area contributed by atoms with Crippen LogP contribution in [0.3, 0.4) is 0 Å². The third kappa shape index (κ3) is 4.36. The molecule has 5 nitrogen and oxygen atoms in total. The summed E-state index contributed by atoms with van der Waals surface area (Å²) in [5.41, 5.74) is 4.05. The summed E-state index contributed by atoms with van der Waals surface area (Å²) in [6.07, 6.45) is 5.16. The van der Waals surface area contributed by atoms with E-state index >= 15 is 0 Å². The van der Waals surface area contributed by atoms with E-state index in [0.29, 0.717) is 5.56 Å². The minimum absolute atomic E-state index is 0.128. The highest BCUT2D eigenvalue weighted by atomic mass is 32.2. The van der Waals surface area contributed by atoms with Gasteiger partial charge in [-0.2, -0.15) is 5.10 Å². The molecule has 2 aromatic heterocycles. The summed E-state index contributed by atoms with van der Waals surface area (Å²) in [7, 11) is 0. The number of aromatic hydroxyl groups is 1. The highest BCUT2D eigenvalue weighted by Gasteiger charge is 2.18. The molecular weight excluding hydrogens is 442 g/mol. The highest BCUT2D eigenvalue weighted by Crippen LogP contribution is 2.37. The molecule has 0 fully saturated rings. The zero-order valence-corrected chi connectivity index (χ0v) is 19.2. The number of carbonyl (C=O) groups excluding carboxylic acids is 1. The van der Waals surface area contributed by atoms with Crippen LogP contribution in [-0.2, 0) is 0 Å². The molecule has 5 rings (SSSR count). The van der Waals surface area contributed by atoms with E-state index in [9.17, 15) is 9.90 Å². The van der Waals surface area contributed by atoms with Crippen molar-refractivity contribution in [2.45, 2.75) is 16.8 Å². The first kappa shape index (κ1) is 21.7. The van der Waals surface area contributed by atoms with Crippen LogP contribution in [-0.4, -0.2) is 25.7 Å². The van der Waals surface area contributed by atoms with E-state index in [4.69, 9.17) is 5.10 Å². The van der Waals surface area contributed by atoms with Gasteiger partial charge in [-0.1, -0.05) is 48.2 Å². The number of carbonyl (C=O) groups is 1. The van der Waals surface area contributed by atoms with Gasteiger partial charge in [-0.15, -0.1) is 0 Å². The number of para-hydroxylation sites is 2. The van der Waals surface area contributed by atoms with Crippen LogP contribution >= 0.6 is 11.8 Å². The first-order valence-electron chi connectivity index (χ1n) is 10.8. The van der Waals surface area contributed by atoms with Crippen molar-refractivity contribution in [2.75, 3.05) is 0 Å². The van der Waals surface area contributed by atoms with Crippen LogP contribution in [0.4, 0.5) is 0 Å². The van der Waals surface area contributed by atoms with Gasteiger partial charge in [0.25, 0.3) is 0 Å². The molecule has 0 saturated heterocycles. The lowest BCUT2D eigenvalue weighted by Crippen LogP contribution is -1.98. The Kier molecular flexibility index (Phi) is 5.97. The van der Waals surface area contributed by atoms with E-state index in [-0.39, 0.29) is 11.5 Å². The van der Waals surface area contributed by atoms with Gasteiger partial charge >= 0.3 is 0 Å². The predicted molar refractivity (Wildman–Crippen MR) is 136 cm³/mol. The minimum Gasteiger partial charge on any atom is -0.508 e. The summed E-state index contributed by atoms with van der Waals surface area (Å²) in [5.74, 6) is -0.0162. The van der Waals surface area contributed by atoms with Gasteiger partial charge < -0.3 is 5.11 Å². The number of fused-ring (bicyclic) bond motifs is 1. The van der Waals surface area contributed by atoms with E-state index in [1.54, 1.807) is 36.2 Å². The van der Waals surface area contributed by atoms with Crippen molar-refractivity contribution in [3.8, 4) is 11.4 Å². The molecule has 6 heteroatoms. The van der Waals surface area contributed by atoms with Crippen molar-refractivity contribution in [1.82, 2.24) is 14.8 Å². The second-order valence-corrected chi connectivity index (χ2v) is 8.76. The van der Waals surface area contributed by atoms with Crippen LogP contribution in [0.15, 0.2) is 107 Å². The predicted octanol–water partition coefficient (Wildman–Crippen LogP) is 6.48. The van der Waals surface area contributed by atoms with E-state index in [1.165, 1.54) is 12.1 Å². The largest absolute Gasteiger partial charge is 0.508 e. The number of benzene rings is 3. The van der Waals surface area contributed by atoms with E-state index in [0.717, 1.165) is 37.8 Å². The Morgan fingerprint density at radius 2 is 1.71 bits per heavy atom. The number of phenols is 1. The lowest BCUT2D eigenvalue weighted by atomic mass is 10.1. The molecule has 5 aromatic rings. The number of aromatic nitrogens is 3. The molecule has 2 heterocycles. The van der Waals surface area contributed by atoms with Gasteiger partial charge in [0.15, 0.2) is 5.78 Å². The van der Waals surface area contributed by atoms with Gasteiger partial charge in [-0.25, -0.2) is 4.68 Å². The molecular formula is C28H21N3O2S. The quantitative estimate of drug-likeness (QED) is 0.230. The standard InChI is InChI=1S/C28H21N3O2S/c1-19-24(16-17-25(33)20-12-14-23(32)15-13-20)28(31(30-19)22-9-3-2-4-10-22)34-26-11-5-7-21-8-6-18-29-27(21)26/h2-18,32H,1H3/b17-16+. The van der Waals surface area contributed by atoms with Crippen LogP contribution in [0, 0.1) is 6.92 Å². The molecule has 0 aliphatic carbocycles. The minimum atomic E-state index is -0.144. The van der Waals surface area contributed by atoms with Crippen LogP contribution in [0.2, 0.25) is 0 Å². The second-order valence-electron chi connectivity index (χ2n) is 7.73. The van der Waals surface area contributed by atoms with Gasteiger partial charge in [0.05, 0.1) is 16.9 Å². The number of pyridine rings is 1.